The first-order valence-corrected chi connectivity index (χ1v) is 1.28. The molecule has 0 saturated carbocycles. The topological polar surface area (TPSA) is 69.1 Å². The Balaban J connectivity index is -0.00000000990. The molecule has 0 aliphatic carbocycles. The van der Waals surface area contributed by atoms with Crippen LogP contribution in [0.15, 0.2) is 13.2 Å². The van der Waals surface area contributed by atoms with Gasteiger partial charge in [0, 0.05) is 0 Å². The number of carbonyl (C=O) groups excluding carboxylic acids is 1. The predicted molar refractivity (Wildman–Crippen MR) is 33.0 cm³/mol. The second kappa shape index (κ2) is 16.3. The van der Waals surface area contributed by atoms with Gasteiger partial charge in [-0.1, -0.05) is 0 Å². The number of hydrogen-bond donors (Lipinski definition) is 2. The monoisotopic (exact) mass is 130 g/mol. The second-order valence-electron chi connectivity index (χ2n) is 0.402. The van der Waals surface area contributed by atoms with Crippen molar-refractivity contribution in [2.75, 3.05) is 0 Å². The minimum Gasteiger partial charge on any atom is -1.00 e. The average Bonchev–Trinajstić information content (AvgIpc) is 1.41. The van der Waals surface area contributed by atoms with Gasteiger partial charge < -0.3 is 14.3 Å². The fourth-order valence-electron chi connectivity index (χ4n) is 0. The van der Waals surface area contributed by atoms with E-state index in [1.807, 2.05) is 0 Å². The van der Waals surface area contributed by atoms with E-state index in [1.54, 1.807) is 0 Å². The number of hydrogen-bond acceptors (Lipinski definition) is 1. The van der Waals surface area contributed by atoms with Crippen LogP contribution in [-0.2, 0) is 0 Å². The Bertz CT molecular complexity index is 51.1. The van der Waals surface area contributed by atoms with Crippen LogP contribution in [0, 0.1) is 0 Å². The van der Waals surface area contributed by atoms with E-state index in [0.717, 1.165) is 0 Å². The first-order valence-electron chi connectivity index (χ1n) is 1.28. The number of carbonyl (C=O) groups is 1. The number of nitrogens with two attached hydrogens (primary N) is 2. The second-order valence-corrected chi connectivity index (χ2v) is 0.402. The summed E-state index contributed by atoms with van der Waals surface area (Å²) in [5.74, 6) is 0. The third kappa shape index (κ3) is 1570. The van der Waals surface area contributed by atoms with Crippen LogP contribution in [0.5, 0.6) is 0 Å². The van der Waals surface area contributed by atoms with Crippen molar-refractivity contribution in [3.63, 3.8) is 0 Å². The summed E-state index contributed by atoms with van der Waals surface area (Å²) in [4.78, 5) is 9.00. The van der Waals surface area contributed by atoms with Gasteiger partial charge in [0.25, 0.3) is 0 Å². The third-order valence-corrected chi connectivity index (χ3v) is 0. The summed E-state index contributed by atoms with van der Waals surface area (Å²) in [7, 11) is 0. The summed E-state index contributed by atoms with van der Waals surface area (Å²) in [5, 5.41) is 0. The van der Waals surface area contributed by atoms with Gasteiger partial charge in [-0.3, -0.25) is 0 Å². The molecule has 0 aromatic carbocycles. The average molecular weight is 130 g/mol. The zero-order valence-electron chi connectivity index (χ0n) is 6.18. The molecule has 0 spiro atoms. The van der Waals surface area contributed by atoms with Gasteiger partial charge in [0.1, 0.15) is 0 Å². The van der Waals surface area contributed by atoms with Gasteiger partial charge in [0.05, 0.1) is 0 Å². The van der Waals surface area contributed by atoms with E-state index in [1.165, 1.54) is 0 Å². The summed E-state index contributed by atoms with van der Waals surface area (Å²) in [6.45, 7) is 6.00. The van der Waals surface area contributed by atoms with Gasteiger partial charge in [-0.2, -0.15) is 0 Å². The normalized spacial score (nSPS) is 4.00. The maximum atomic E-state index is 9.00. The third-order valence-electron chi connectivity index (χ3n) is 0. The van der Waals surface area contributed by atoms with Crippen molar-refractivity contribution in [1.82, 2.24) is 0 Å². The van der Waals surface area contributed by atoms with Crippen molar-refractivity contribution in [2.24, 2.45) is 11.5 Å². The number of primary amides is 2. The van der Waals surface area contributed by atoms with Crippen LogP contribution in [-0.4, -0.2) is 43.8 Å². The summed E-state index contributed by atoms with van der Waals surface area (Å²) in [6, 6.07) is -0.833. The van der Waals surface area contributed by atoms with Gasteiger partial charge >= 0.3 is 43.8 Å². The van der Waals surface area contributed by atoms with E-state index in [2.05, 4.69) is 24.6 Å². The summed E-state index contributed by atoms with van der Waals surface area (Å²) < 4.78 is 0. The van der Waals surface area contributed by atoms with Crippen molar-refractivity contribution in [3.8, 4) is 0 Å². The molecular weight excluding hydrogens is 120 g/mol. The summed E-state index contributed by atoms with van der Waals surface area (Å²) >= 11 is 0. The quantitative estimate of drug-likeness (QED) is 0.342. The molecule has 2 amide bonds. The summed E-state index contributed by atoms with van der Waals surface area (Å²) in [5.41, 5.74) is 8.50. The maximum Gasteiger partial charge on any atom is 2.00 e. The Labute approximate surface area is 75.7 Å². The Kier molecular flexibility index (Phi) is 36.5. The molecule has 0 bridgehead atoms. The molecule has 4 heteroatoms. The van der Waals surface area contributed by atoms with E-state index in [0.29, 0.717) is 0 Å². The number of amides is 2. The molecule has 0 aromatic heterocycles. The molecule has 0 radical (unpaired) electrons. The van der Waals surface area contributed by atoms with Crippen molar-refractivity contribution < 1.29 is 7.65 Å². The zero-order valence-corrected chi connectivity index (χ0v) is 6.39. The minimum absolute atomic E-state index is 0. The molecule has 0 aliphatic heterocycles. The van der Waals surface area contributed by atoms with Gasteiger partial charge in [-0.25, -0.2) is 4.79 Å². The fraction of sp³-hybridized carbons (Fsp3) is 0. The van der Waals surface area contributed by atoms with Crippen LogP contribution in [0.3, 0.4) is 0 Å². The SMILES string of the molecule is C=C.NC(N)=O.[Ca+2].[H-].[H-]. The van der Waals surface area contributed by atoms with E-state index in [4.69, 9.17) is 4.79 Å². The fourth-order valence-corrected chi connectivity index (χ4v) is 0. The van der Waals surface area contributed by atoms with Crippen LogP contribution in [0.25, 0.3) is 0 Å². The van der Waals surface area contributed by atoms with Crippen molar-refractivity contribution in [2.45, 2.75) is 0 Å². The Morgan fingerprint density at radius 3 is 1.43 bits per heavy atom. The molecule has 7 heavy (non-hydrogen) atoms. The van der Waals surface area contributed by atoms with Crippen LogP contribution in [0.1, 0.15) is 2.85 Å². The van der Waals surface area contributed by atoms with Crippen molar-refractivity contribution in [3.05, 3.63) is 13.2 Å². The molecule has 0 aromatic rings. The van der Waals surface area contributed by atoms with Crippen molar-refractivity contribution in [1.29, 1.82) is 0 Å². The van der Waals surface area contributed by atoms with E-state index in [9.17, 15) is 0 Å². The number of urea groups is 1. The molecule has 0 unspecified atom stereocenters. The molecule has 0 aliphatic rings. The molecule has 0 rings (SSSR count). The van der Waals surface area contributed by atoms with E-state index < -0.39 is 6.03 Å². The van der Waals surface area contributed by atoms with Gasteiger partial charge in [0.15, 0.2) is 0 Å². The standard InChI is InChI=1S/C2H4.CH4N2O.Ca.2H/c1-2;2-1(3)4;;;/h1-2H2;(H4,2,3,4);;;/q;;+2;2*-1. The molecular formula is C3H10CaN2O. The Morgan fingerprint density at radius 2 is 1.43 bits per heavy atom. The van der Waals surface area contributed by atoms with Crippen LogP contribution in [0.2, 0.25) is 0 Å². The number of rotatable bonds is 0. The molecule has 40 valence electrons. The van der Waals surface area contributed by atoms with Gasteiger partial charge in [-0.15, -0.1) is 13.2 Å². The molecule has 0 saturated heterocycles. The van der Waals surface area contributed by atoms with Crippen LogP contribution >= 0.6 is 0 Å². The Hall–Kier alpha value is 0.270. The van der Waals surface area contributed by atoms with E-state index >= 15 is 0 Å². The predicted octanol–water partition coefficient (Wildman–Crippen LogP) is -0.330. The molecule has 4 N–H and O–H groups in total. The van der Waals surface area contributed by atoms with Gasteiger partial charge in [0.2, 0.25) is 0 Å². The first kappa shape index (κ1) is 15.7. The molecule has 0 fully saturated rings. The largest absolute Gasteiger partial charge is 2.00 e. The van der Waals surface area contributed by atoms with Crippen LogP contribution in [0.4, 0.5) is 4.79 Å². The first-order chi connectivity index (χ1) is 2.73. The Morgan fingerprint density at radius 1 is 1.43 bits per heavy atom. The van der Waals surface area contributed by atoms with E-state index in [-0.39, 0.29) is 40.6 Å². The smallest absolute Gasteiger partial charge is 1.00 e. The molecule has 0 heterocycles. The van der Waals surface area contributed by atoms with Crippen LogP contribution < -0.4 is 11.5 Å². The zero-order chi connectivity index (χ0) is 5.58. The molecule has 3 nitrogen and oxygen atoms in total. The maximum absolute atomic E-state index is 9.00. The summed E-state index contributed by atoms with van der Waals surface area (Å²) in [6.07, 6.45) is 0. The molecule has 0 atom stereocenters. The van der Waals surface area contributed by atoms with Gasteiger partial charge in [-0.05, 0) is 0 Å². The minimum atomic E-state index is -0.833. The van der Waals surface area contributed by atoms with Crippen molar-refractivity contribution >= 4 is 43.8 Å².